The first-order valence-electron chi connectivity index (χ1n) is 11.2. The van der Waals surface area contributed by atoms with Gasteiger partial charge in [0.05, 0.1) is 52.4 Å². The molecule has 41 heavy (non-hydrogen) atoms. The second-order valence-electron chi connectivity index (χ2n) is 7.83. The molecule has 0 spiro atoms. The number of pyridine rings is 1. The summed E-state index contributed by atoms with van der Waals surface area (Å²) in [4.78, 5) is 18.8. The molecule has 0 fully saturated rings. The number of carbonyl (C=O) groups is 1. The normalized spacial score (nSPS) is 12.0. The van der Waals surface area contributed by atoms with Gasteiger partial charge in [0.15, 0.2) is 18.1 Å². The molecule has 0 aliphatic carbocycles. The minimum atomic E-state index is -4.48. The Labute approximate surface area is 258 Å². The topological polar surface area (TPSA) is 156 Å². The van der Waals surface area contributed by atoms with E-state index in [1.54, 1.807) is 0 Å². The molecule has 1 unspecified atom stereocenters. The second kappa shape index (κ2) is 13.6. The van der Waals surface area contributed by atoms with E-state index in [1.807, 2.05) is 0 Å². The van der Waals surface area contributed by atoms with E-state index in [-0.39, 0.29) is 75.6 Å². The van der Waals surface area contributed by atoms with Gasteiger partial charge in [0.2, 0.25) is 5.16 Å². The first kappa shape index (κ1) is 32.2. The van der Waals surface area contributed by atoms with Crippen LogP contribution in [0.1, 0.15) is 7.12 Å². The van der Waals surface area contributed by atoms with Crippen LogP contribution in [-0.4, -0.2) is 65.1 Å². The SMILES string of the molecule is COc1ccnc(CS(=O)c2nc3cc(OC(F)F)ccc3n2S(=O)(=O)c2ccc(OCC(=O)O)cc2)c1OC.[H-].[Na+]. The number of alkyl halides is 2. The number of hydrogen-bond acceptors (Lipinski definition) is 10. The molecule has 0 aliphatic rings. The fourth-order valence-corrected chi connectivity index (χ4v) is 6.63. The number of aromatic nitrogens is 3. The van der Waals surface area contributed by atoms with Crippen LogP contribution in [0.4, 0.5) is 8.78 Å². The molecule has 0 saturated heterocycles. The van der Waals surface area contributed by atoms with Gasteiger partial charge in [-0.2, -0.15) is 8.78 Å². The predicted octanol–water partition coefficient (Wildman–Crippen LogP) is 0.175. The average molecular weight is 622 g/mol. The van der Waals surface area contributed by atoms with Crippen LogP contribution >= 0.6 is 0 Å². The van der Waals surface area contributed by atoms with Gasteiger partial charge in [0, 0.05) is 18.3 Å². The third kappa shape index (κ3) is 7.13. The van der Waals surface area contributed by atoms with E-state index in [4.69, 9.17) is 19.3 Å². The van der Waals surface area contributed by atoms with E-state index in [0.717, 1.165) is 16.1 Å². The van der Waals surface area contributed by atoms with E-state index in [1.165, 1.54) is 56.8 Å². The minimum Gasteiger partial charge on any atom is -1.00 e. The van der Waals surface area contributed by atoms with Crippen LogP contribution in [-0.2, 0) is 31.4 Å². The van der Waals surface area contributed by atoms with Crippen LogP contribution in [0.25, 0.3) is 11.0 Å². The number of benzene rings is 2. The summed E-state index contributed by atoms with van der Waals surface area (Å²) in [7, 11) is -3.87. The van der Waals surface area contributed by atoms with Crippen LogP contribution < -0.4 is 48.5 Å². The number of halogens is 2. The number of aliphatic carboxylic acids is 1. The number of fused-ring (bicyclic) bond motifs is 1. The molecule has 0 amide bonds. The number of carboxylic acid groups (broad SMARTS) is 1. The third-order valence-electron chi connectivity index (χ3n) is 5.34. The first-order valence-corrected chi connectivity index (χ1v) is 13.9. The Balaban J connectivity index is 0.00000308. The van der Waals surface area contributed by atoms with Crippen molar-refractivity contribution in [2.45, 2.75) is 22.4 Å². The molecule has 4 aromatic rings. The van der Waals surface area contributed by atoms with E-state index in [2.05, 4.69) is 14.7 Å². The molecule has 17 heteroatoms. The van der Waals surface area contributed by atoms with Crippen molar-refractivity contribution in [3.05, 3.63) is 60.4 Å². The monoisotopic (exact) mass is 621 g/mol. The van der Waals surface area contributed by atoms with Crippen molar-refractivity contribution in [2.24, 2.45) is 0 Å². The molecule has 2 heterocycles. The Kier molecular flexibility index (Phi) is 10.7. The maximum Gasteiger partial charge on any atom is 1.00 e. The largest absolute Gasteiger partial charge is 1.00 e. The summed E-state index contributed by atoms with van der Waals surface area (Å²) in [6.45, 7) is -3.77. The number of methoxy groups -OCH3 is 2. The van der Waals surface area contributed by atoms with Crippen LogP contribution in [0.3, 0.4) is 0 Å². The standard InChI is InChI=1S/C24H21F2N3O9S2.Na.H/c1-35-20-9-10-27-18(22(20)36-2)13-39(32)24-28-17-11-15(38-23(25)26)5-8-19(17)29(24)40(33,34)16-6-3-14(4-7-16)37-12-21(30)31;;/h3-11,23H,12-13H2,1-2H3,(H,30,31);;/q;+1;-1. The number of carboxylic acids is 1. The Morgan fingerprint density at radius 1 is 1.10 bits per heavy atom. The number of hydrogen-bond donors (Lipinski definition) is 1. The molecule has 12 nitrogen and oxygen atoms in total. The Bertz CT molecular complexity index is 1690. The van der Waals surface area contributed by atoms with Gasteiger partial charge in [-0.25, -0.2) is 22.2 Å². The second-order valence-corrected chi connectivity index (χ2v) is 11.0. The predicted molar refractivity (Wildman–Crippen MR) is 137 cm³/mol. The van der Waals surface area contributed by atoms with Crippen LogP contribution in [0.15, 0.2) is 64.8 Å². The van der Waals surface area contributed by atoms with Crippen molar-refractivity contribution in [1.29, 1.82) is 0 Å². The van der Waals surface area contributed by atoms with Crippen molar-refractivity contribution in [3.63, 3.8) is 0 Å². The van der Waals surface area contributed by atoms with Crippen LogP contribution in [0.5, 0.6) is 23.0 Å². The van der Waals surface area contributed by atoms with Gasteiger partial charge >= 0.3 is 42.1 Å². The molecule has 1 atom stereocenters. The van der Waals surface area contributed by atoms with Crippen molar-refractivity contribution in [2.75, 3.05) is 20.8 Å². The maximum atomic E-state index is 13.8. The summed E-state index contributed by atoms with van der Waals surface area (Å²) in [6, 6.07) is 9.81. The van der Waals surface area contributed by atoms with Crippen molar-refractivity contribution in [3.8, 4) is 23.0 Å². The summed E-state index contributed by atoms with van der Waals surface area (Å²) >= 11 is 0. The van der Waals surface area contributed by atoms with Gasteiger partial charge in [-0.1, -0.05) is 0 Å². The molecule has 2 aromatic carbocycles. The smallest absolute Gasteiger partial charge is 1.00 e. The van der Waals surface area contributed by atoms with E-state index in [0.29, 0.717) is 5.75 Å². The molecule has 2 aromatic heterocycles. The fourth-order valence-electron chi connectivity index (χ4n) is 3.67. The zero-order valence-corrected chi connectivity index (χ0v) is 25.4. The van der Waals surface area contributed by atoms with E-state index >= 15 is 0 Å². The summed E-state index contributed by atoms with van der Waals surface area (Å²) in [6.07, 6.45) is 1.40. The van der Waals surface area contributed by atoms with Crippen LogP contribution in [0, 0.1) is 0 Å². The summed E-state index contributed by atoms with van der Waals surface area (Å²) in [5, 5.41) is 8.36. The Hall–Kier alpha value is -3.31. The first-order chi connectivity index (χ1) is 19.0. The number of nitrogens with zero attached hydrogens (tertiary/aromatic N) is 3. The molecule has 0 aliphatic heterocycles. The molecular formula is C24H22F2N3NaO9S2. The molecule has 214 valence electrons. The molecule has 0 saturated carbocycles. The number of ether oxygens (including phenoxy) is 4. The van der Waals surface area contributed by atoms with E-state index < -0.39 is 45.2 Å². The molecule has 0 radical (unpaired) electrons. The molecule has 1 N–H and O–H groups in total. The molecular weight excluding hydrogens is 599 g/mol. The van der Waals surface area contributed by atoms with Gasteiger partial charge in [-0.15, -0.1) is 0 Å². The quantitative estimate of drug-likeness (QED) is 0.215. The van der Waals surface area contributed by atoms with Crippen molar-refractivity contribution in [1.82, 2.24) is 13.9 Å². The molecule has 4 rings (SSSR count). The Morgan fingerprint density at radius 3 is 2.39 bits per heavy atom. The number of rotatable bonds is 12. The Morgan fingerprint density at radius 2 is 1.78 bits per heavy atom. The van der Waals surface area contributed by atoms with Crippen molar-refractivity contribution >= 4 is 37.8 Å². The van der Waals surface area contributed by atoms with Gasteiger partial charge in [0.1, 0.15) is 11.5 Å². The van der Waals surface area contributed by atoms with Gasteiger partial charge < -0.3 is 25.5 Å². The van der Waals surface area contributed by atoms with E-state index in [9.17, 15) is 26.2 Å². The zero-order chi connectivity index (χ0) is 29.0. The summed E-state index contributed by atoms with van der Waals surface area (Å²) in [5.41, 5.74) is 0.0663. The van der Waals surface area contributed by atoms with Crippen LogP contribution in [0.2, 0.25) is 0 Å². The maximum absolute atomic E-state index is 13.8. The zero-order valence-electron chi connectivity index (χ0n) is 22.8. The minimum absolute atomic E-state index is 0. The number of imidazole rings is 1. The molecule has 0 bridgehead atoms. The van der Waals surface area contributed by atoms with Gasteiger partial charge in [0.25, 0.3) is 10.0 Å². The third-order valence-corrected chi connectivity index (χ3v) is 8.39. The fraction of sp³-hybridized carbons (Fsp3) is 0.208. The summed E-state index contributed by atoms with van der Waals surface area (Å²) in [5.74, 6) is -1.23. The van der Waals surface area contributed by atoms with Gasteiger partial charge in [-0.05, 0) is 36.4 Å². The average Bonchev–Trinajstić information content (AvgIpc) is 3.31. The van der Waals surface area contributed by atoms with Gasteiger partial charge in [-0.3, -0.25) is 9.19 Å². The van der Waals surface area contributed by atoms with Crippen molar-refractivity contribution < 1.29 is 81.2 Å². The summed E-state index contributed by atoms with van der Waals surface area (Å²) < 4.78 is 87.5.